The maximum Gasteiger partial charge on any atom is 0.303 e. The molecule has 1 amide bonds. The summed E-state index contributed by atoms with van der Waals surface area (Å²) in [6, 6.07) is 10.1. The standard InChI is InChI=1S/C22H35NO3/c1-22(2,18-19-14-10-9-11-15-19)21(26)23-17-13-8-6-4-3-5-7-12-16-20(24)25/h9-11,14-15H,3-8,12-13,16-18H2,1-2H3,(H,23,26)(H,24,25). The summed E-state index contributed by atoms with van der Waals surface area (Å²) in [6.45, 7) is 4.75. The zero-order chi connectivity index (χ0) is 19.3. The number of aliphatic carboxylic acids is 1. The van der Waals surface area contributed by atoms with E-state index in [9.17, 15) is 9.59 Å². The van der Waals surface area contributed by atoms with Gasteiger partial charge in [-0.2, -0.15) is 0 Å². The maximum absolute atomic E-state index is 12.4. The molecule has 26 heavy (non-hydrogen) atoms. The number of carboxylic acid groups (broad SMARTS) is 1. The van der Waals surface area contributed by atoms with E-state index in [1.165, 1.54) is 24.8 Å². The highest BCUT2D eigenvalue weighted by atomic mass is 16.4. The van der Waals surface area contributed by atoms with E-state index in [1.54, 1.807) is 0 Å². The molecular weight excluding hydrogens is 326 g/mol. The molecule has 4 nitrogen and oxygen atoms in total. The van der Waals surface area contributed by atoms with Crippen molar-refractivity contribution in [2.75, 3.05) is 6.54 Å². The molecule has 1 aromatic carbocycles. The first kappa shape index (κ1) is 22.2. The van der Waals surface area contributed by atoms with Crippen LogP contribution in [0.1, 0.15) is 77.2 Å². The minimum atomic E-state index is -0.695. The number of hydrogen-bond donors (Lipinski definition) is 2. The lowest BCUT2D eigenvalue weighted by molar-refractivity contribution is -0.137. The SMILES string of the molecule is CC(C)(Cc1ccccc1)C(=O)NCCCCCCCCCCC(=O)O. The molecule has 0 radical (unpaired) electrons. The van der Waals surface area contributed by atoms with Crippen molar-refractivity contribution in [3.63, 3.8) is 0 Å². The average Bonchev–Trinajstić information content (AvgIpc) is 2.59. The third-order valence-electron chi connectivity index (χ3n) is 4.71. The monoisotopic (exact) mass is 361 g/mol. The Kier molecular flexibility index (Phi) is 10.7. The Morgan fingerprint density at radius 2 is 1.42 bits per heavy atom. The lowest BCUT2D eigenvalue weighted by Crippen LogP contribution is -2.38. The molecule has 0 aliphatic rings. The van der Waals surface area contributed by atoms with E-state index >= 15 is 0 Å². The number of hydrogen-bond acceptors (Lipinski definition) is 2. The van der Waals surface area contributed by atoms with Crippen molar-refractivity contribution in [2.45, 2.75) is 78.1 Å². The molecule has 0 heterocycles. The van der Waals surface area contributed by atoms with Gasteiger partial charge >= 0.3 is 5.97 Å². The average molecular weight is 362 g/mol. The molecular formula is C22H35NO3. The Labute approximate surface area is 158 Å². The summed E-state index contributed by atoms with van der Waals surface area (Å²) in [7, 11) is 0. The van der Waals surface area contributed by atoms with Gasteiger partial charge in [0.25, 0.3) is 0 Å². The summed E-state index contributed by atoms with van der Waals surface area (Å²) in [5.74, 6) is -0.571. The summed E-state index contributed by atoms with van der Waals surface area (Å²) in [4.78, 5) is 22.8. The van der Waals surface area contributed by atoms with E-state index in [2.05, 4.69) is 17.4 Å². The van der Waals surface area contributed by atoms with Gasteiger partial charge in [-0.3, -0.25) is 9.59 Å². The summed E-state index contributed by atoms with van der Waals surface area (Å²) in [5, 5.41) is 11.6. The molecule has 1 aromatic rings. The van der Waals surface area contributed by atoms with Gasteiger partial charge in [0.1, 0.15) is 0 Å². The number of carboxylic acids is 1. The summed E-state index contributed by atoms with van der Waals surface area (Å²) in [6.07, 6.45) is 9.68. The number of unbranched alkanes of at least 4 members (excludes halogenated alkanes) is 7. The van der Waals surface area contributed by atoms with Gasteiger partial charge in [-0.25, -0.2) is 0 Å². The predicted molar refractivity (Wildman–Crippen MR) is 106 cm³/mol. The summed E-state index contributed by atoms with van der Waals surface area (Å²) >= 11 is 0. The first-order valence-corrected chi connectivity index (χ1v) is 9.96. The predicted octanol–water partition coefficient (Wildman–Crippen LogP) is 4.97. The van der Waals surface area contributed by atoms with Gasteiger partial charge in [-0.15, -0.1) is 0 Å². The normalized spacial score (nSPS) is 11.3. The van der Waals surface area contributed by atoms with Crippen LogP contribution in [0.2, 0.25) is 0 Å². The quantitative estimate of drug-likeness (QED) is 0.460. The highest BCUT2D eigenvalue weighted by Gasteiger charge is 2.27. The van der Waals surface area contributed by atoms with Crippen molar-refractivity contribution >= 4 is 11.9 Å². The van der Waals surface area contributed by atoms with Crippen LogP contribution in [-0.2, 0) is 16.0 Å². The van der Waals surface area contributed by atoms with Crippen molar-refractivity contribution in [3.8, 4) is 0 Å². The fourth-order valence-corrected chi connectivity index (χ4v) is 3.09. The Hall–Kier alpha value is -1.84. The van der Waals surface area contributed by atoms with Crippen LogP contribution in [0, 0.1) is 5.41 Å². The van der Waals surface area contributed by atoms with Gasteiger partial charge in [0.2, 0.25) is 5.91 Å². The van der Waals surface area contributed by atoms with E-state index in [0.29, 0.717) is 6.42 Å². The molecule has 0 atom stereocenters. The third-order valence-corrected chi connectivity index (χ3v) is 4.71. The second kappa shape index (κ2) is 12.5. The fraction of sp³-hybridized carbons (Fsp3) is 0.636. The molecule has 1 rings (SSSR count). The lowest BCUT2D eigenvalue weighted by atomic mass is 9.85. The highest BCUT2D eigenvalue weighted by molar-refractivity contribution is 5.82. The van der Waals surface area contributed by atoms with Gasteiger partial charge in [-0.05, 0) is 24.8 Å². The number of benzene rings is 1. The van der Waals surface area contributed by atoms with Crippen molar-refractivity contribution in [3.05, 3.63) is 35.9 Å². The van der Waals surface area contributed by atoms with Crippen LogP contribution in [0.3, 0.4) is 0 Å². The zero-order valence-corrected chi connectivity index (χ0v) is 16.4. The minimum Gasteiger partial charge on any atom is -0.481 e. The molecule has 0 aliphatic heterocycles. The summed E-state index contributed by atoms with van der Waals surface area (Å²) in [5.41, 5.74) is 0.799. The number of amides is 1. The minimum absolute atomic E-state index is 0.125. The van der Waals surface area contributed by atoms with Gasteiger partial charge in [0, 0.05) is 18.4 Å². The van der Waals surface area contributed by atoms with Crippen molar-refractivity contribution < 1.29 is 14.7 Å². The van der Waals surface area contributed by atoms with Crippen molar-refractivity contribution in [2.24, 2.45) is 5.41 Å². The molecule has 4 heteroatoms. The van der Waals surface area contributed by atoms with Crippen LogP contribution in [-0.4, -0.2) is 23.5 Å². The van der Waals surface area contributed by atoms with Crippen LogP contribution in [0.4, 0.5) is 0 Å². The van der Waals surface area contributed by atoms with Gasteiger partial charge < -0.3 is 10.4 Å². The van der Waals surface area contributed by atoms with Crippen LogP contribution < -0.4 is 5.32 Å². The van der Waals surface area contributed by atoms with E-state index in [4.69, 9.17) is 5.11 Å². The Morgan fingerprint density at radius 1 is 0.885 bits per heavy atom. The third kappa shape index (κ3) is 10.2. The van der Waals surface area contributed by atoms with E-state index in [1.807, 2.05) is 32.0 Å². The Bertz CT molecular complexity index is 525. The van der Waals surface area contributed by atoms with Gasteiger partial charge in [0.15, 0.2) is 0 Å². The first-order chi connectivity index (χ1) is 12.4. The Morgan fingerprint density at radius 3 is 2.00 bits per heavy atom. The zero-order valence-electron chi connectivity index (χ0n) is 16.4. The highest BCUT2D eigenvalue weighted by Crippen LogP contribution is 2.22. The lowest BCUT2D eigenvalue weighted by Gasteiger charge is -2.23. The van der Waals surface area contributed by atoms with Crippen LogP contribution >= 0.6 is 0 Å². The van der Waals surface area contributed by atoms with Crippen LogP contribution in [0.25, 0.3) is 0 Å². The first-order valence-electron chi connectivity index (χ1n) is 9.96. The molecule has 2 N–H and O–H groups in total. The smallest absolute Gasteiger partial charge is 0.303 e. The molecule has 146 valence electrons. The van der Waals surface area contributed by atoms with Crippen LogP contribution in [0.15, 0.2) is 30.3 Å². The Balaban J connectivity index is 2.03. The largest absolute Gasteiger partial charge is 0.481 e. The van der Waals surface area contributed by atoms with E-state index in [-0.39, 0.29) is 5.91 Å². The molecule has 0 fully saturated rings. The van der Waals surface area contributed by atoms with Gasteiger partial charge in [-0.1, -0.05) is 82.7 Å². The van der Waals surface area contributed by atoms with Crippen molar-refractivity contribution in [1.29, 1.82) is 0 Å². The second-order valence-electron chi connectivity index (χ2n) is 7.77. The van der Waals surface area contributed by atoms with E-state index < -0.39 is 11.4 Å². The molecule has 0 aromatic heterocycles. The molecule has 0 saturated heterocycles. The number of rotatable bonds is 14. The molecule has 0 unspecified atom stereocenters. The fourth-order valence-electron chi connectivity index (χ4n) is 3.09. The molecule has 0 bridgehead atoms. The molecule has 0 spiro atoms. The number of carbonyl (C=O) groups is 2. The van der Waals surface area contributed by atoms with Crippen molar-refractivity contribution in [1.82, 2.24) is 5.32 Å². The number of carbonyl (C=O) groups excluding carboxylic acids is 1. The summed E-state index contributed by atoms with van der Waals surface area (Å²) < 4.78 is 0. The topological polar surface area (TPSA) is 66.4 Å². The van der Waals surface area contributed by atoms with Crippen LogP contribution in [0.5, 0.6) is 0 Å². The van der Waals surface area contributed by atoms with E-state index in [0.717, 1.165) is 45.1 Å². The second-order valence-corrected chi connectivity index (χ2v) is 7.77. The molecule has 0 saturated carbocycles. The van der Waals surface area contributed by atoms with Gasteiger partial charge in [0.05, 0.1) is 0 Å². The number of nitrogens with one attached hydrogen (secondary N) is 1. The maximum atomic E-state index is 12.4. The molecule has 0 aliphatic carbocycles.